The molecule has 0 heterocycles. The molecule has 1 rings (SSSR count). The molecule has 3 heteroatoms. The van der Waals surface area contributed by atoms with E-state index in [2.05, 4.69) is 4.89 Å². The molecule has 0 aromatic heterocycles. The standard InChI is InChI=1S/C10H13ClO2/c1-7-4-9(11)5-8(2)10(7)6-13-12-3/h4-5H,6H2,1-3H3. The van der Waals surface area contributed by atoms with E-state index in [4.69, 9.17) is 16.5 Å². The minimum Gasteiger partial charge on any atom is -0.240 e. The van der Waals surface area contributed by atoms with Crippen molar-refractivity contribution in [2.24, 2.45) is 0 Å². The smallest absolute Gasteiger partial charge is 0.108 e. The zero-order chi connectivity index (χ0) is 9.84. The Morgan fingerprint density at radius 2 is 1.77 bits per heavy atom. The summed E-state index contributed by atoms with van der Waals surface area (Å²) < 4.78 is 0. The number of hydrogen-bond acceptors (Lipinski definition) is 2. The van der Waals surface area contributed by atoms with Gasteiger partial charge in [-0.1, -0.05) is 11.6 Å². The van der Waals surface area contributed by atoms with E-state index in [9.17, 15) is 0 Å². The summed E-state index contributed by atoms with van der Waals surface area (Å²) in [6.07, 6.45) is 0. The third kappa shape index (κ3) is 2.69. The fourth-order valence-corrected chi connectivity index (χ4v) is 1.61. The van der Waals surface area contributed by atoms with E-state index in [-0.39, 0.29) is 0 Å². The Hall–Kier alpha value is -0.570. The molecule has 0 unspecified atom stereocenters. The maximum Gasteiger partial charge on any atom is 0.108 e. The summed E-state index contributed by atoms with van der Waals surface area (Å²) in [5.41, 5.74) is 3.38. The van der Waals surface area contributed by atoms with Gasteiger partial charge in [0.05, 0.1) is 7.11 Å². The van der Waals surface area contributed by atoms with Crippen molar-refractivity contribution in [2.45, 2.75) is 20.5 Å². The Labute approximate surface area is 83.4 Å². The van der Waals surface area contributed by atoms with E-state index in [0.29, 0.717) is 6.61 Å². The molecule has 0 aliphatic carbocycles. The molecule has 0 fully saturated rings. The molecule has 0 aliphatic heterocycles. The van der Waals surface area contributed by atoms with Crippen LogP contribution < -0.4 is 0 Å². The molecule has 72 valence electrons. The molecule has 0 N–H and O–H groups in total. The topological polar surface area (TPSA) is 18.5 Å². The Kier molecular flexibility index (Phi) is 3.72. The summed E-state index contributed by atoms with van der Waals surface area (Å²) in [5.74, 6) is 0. The van der Waals surface area contributed by atoms with Gasteiger partial charge >= 0.3 is 0 Å². The van der Waals surface area contributed by atoms with Gasteiger partial charge in [-0.3, -0.25) is 0 Å². The lowest BCUT2D eigenvalue weighted by atomic mass is 10.0. The normalized spacial score (nSPS) is 10.5. The molecule has 0 saturated carbocycles. The first-order valence-electron chi connectivity index (χ1n) is 4.06. The number of benzene rings is 1. The summed E-state index contributed by atoms with van der Waals surface area (Å²) in [7, 11) is 1.50. The van der Waals surface area contributed by atoms with Gasteiger partial charge in [-0.15, -0.1) is 0 Å². The predicted molar refractivity (Wildman–Crippen MR) is 52.7 cm³/mol. The van der Waals surface area contributed by atoms with E-state index in [1.54, 1.807) is 0 Å². The number of aryl methyl sites for hydroxylation is 2. The van der Waals surface area contributed by atoms with Crippen molar-refractivity contribution in [2.75, 3.05) is 7.11 Å². The lowest BCUT2D eigenvalue weighted by Crippen LogP contribution is -1.97. The monoisotopic (exact) mass is 200 g/mol. The van der Waals surface area contributed by atoms with Crippen molar-refractivity contribution in [3.05, 3.63) is 33.8 Å². The summed E-state index contributed by atoms with van der Waals surface area (Å²) in [6, 6.07) is 3.84. The minimum absolute atomic E-state index is 0.464. The van der Waals surface area contributed by atoms with Crippen LogP contribution in [0.15, 0.2) is 12.1 Å². The van der Waals surface area contributed by atoms with E-state index >= 15 is 0 Å². The second-order valence-corrected chi connectivity index (χ2v) is 3.38. The molecule has 1 aromatic carbocycles. The van der Waals surface area contributed by atoms with Gasteiger partial charge in [0.25, 0.3) is 0 Å². The zero-order valence-electron chi connectivity index (χ0n) is 8.06. The van der Waals surface area contributed by atoms with Gasteiger partial charge in [-0.2, -0.15) is 0 Å². The fourth-order valence-electron chi connectivity index (χ4n) is 1.29. The quantitative estimate of drug-likeness (QED) is 0.552. The maximum atomic E-state index is 5.88. The third-order valence-corrected chi connectivity index (χ3v) is 2.20. The van der Waals surface area contributed by atoms with Crippen molar-refractivity contribution in [1.29, 1.82) is 0 Å². The lowest BCUT2D eigenvalue weighted by Gasteiger charge is -2.09. The highest BCUT2D eigenvalue weighted by Gasteiger charge is 2.04. The van der Waals surface area contributed by atoms with Crippen molar-refractivity contribution in [3.8, 4) is 0 Å². The third-order valence-electron chi connectivity index (χ3n) is 1.98. The van der Waals surface area contributed by atoms with Crippen molar-refractivity contribution in [1.82, 2.24) is 0 Å². The summed E-state index contributed by atoms with van der Waals surface area (Å²) in [6.45, 7) is 4.48. The van der Waals surface area contributed by atoms with Crippen molar-refractivity contribution < 1.29 is 9.78 Å². The minimum atomic E-state index is 0.464. The first-order chi connectivity index (χ1) is 6.15. The zero-order valence-corrected chi connectivity index (χ0v) is 8.81. The molecule has 0 radical (unpaired) electrons. The molecule has 0 atom stereocenters. The maximum absolute atomic E-state index is 5.88. The Balaban J connectivity index is 2.92. The van der Waals surface area contributed by atoms with Gasteiger partial charge in [0.15, 0.2) is 0 Å². The van der Waals surface area contributed by atoms with Crippen LogP contribution in [0.4, 0.5) is 0 Å². The highest BCUT2D eigenvalue weighted by Crippen LogP contribution is 2.20. The first kappa shape index (κ1) is 10.5. The second-order valence-electron chi connectivity index (χ2n) is 2.95. The van der Waals surface area contributed by atoms with Crippen molar-refractivity contribution >= 4 is 11.6 Å². The van der Waals surface area contributed by atoms with Crippen LogP contribution in [0.3, 0.4) is 0 Å². The summed E-state index contributed by atoms with van der Waals surface area (Å²) in [5, 5.41) is 0.760. The van der Waals surface area contributed by atoms with Crippen LogP contribution in [0.1, 0.15) is 16.7 Å². The molecule has 0 amide bonds. The Morgan fingerprint density at radius 1 is 1.23 bits per heavy atom. The van der Waals surface area contributed by atoms with Crippen molar-refractivity contribution in [3.63, 3.8) is 0 Å². The molecule has 13 heavy (non-hydrogen) atoms. The van der Waals surface area contributed by atoms with Crippen LogP contribution in [0, 0.1) is 13.8 Å². The predicted octanol–water partition coefficient (Wildman–Crippen LogP) is 3.03. The summed E-state index contributed by atoms with van der Waals surface area (Å²) >= 11 is 5.88. The van der Waals surface area contributed by atoms with E-state index in [1.807, 2.05) is 26.0 Å². The Bertz CT molecular complexity index is 274. The van der Waals surface area contributed by atoms with Gasteiger partial charge in [-0.25, -0.2) is 9.78 Å². The first-order valence-corrected chi connectivity index (χ1v) is 4.44. The Morgan fingerprint density at radius 3 is 2.23 bits per heavy atom. The summed E-state index contributed by atoms with van der Waals surface area (Å²) in [4.78, 5) is 9.43. The highest BCUT2D eigenvalue weighted by atomic mass is 35.5. The van der Waals surface area contributed by atoms with E-state index in [0.717, 1.165) is 21.7 Å². The molecule has 0 aliphatic rings. The molecule has 0 spiro atoms. The molecular formula is C10H13ClO2. The number of rotatable bonds is 3. The van der Waals surface area contributed by atoms with Gasteiger partial charge in [-0.05, 0) is 42.7 Å². The fraction of sp³-hybridized carbons (Fsp3) is 0.400. The molecule has 0 bridgehead atoms. The van der Waals surface area contributed by atoms with Crippen LogP contribution in [0.2, 0.25) is 5.02 Å². The average molecular weight is 201 g/mol. The van der Waals surface area contributed by atoms with Crippen LogP contribution in [0.25, 0.3) is 0 Å². The number of halogens is 1. The highest BCUT2D eigenvalue weighted by molar-refractivity contribution is 6.30. The average Bonchev–Trinajstić information content (AvgIpc) is 2.02. The van der Waals surface area contributed by atoms with Gasteiger partial charge in [0.1, 0.15) is 6.61 Å². The molecule has 2 nitrogen and oxygen atoms in total. The van der Waals surface area contributed by atoms with Gasteiger partial charge in [0, 0.05) is 5.02 Å². The number of hydrogen-bond donors (Lipinski definition) is 0. The lowest BCUT2D eigenvalue weighted by molar-refractivity contribution is -0.282. The molecule has 1 aromatic rings. The van der Waals surface area contributed by atoms with Crippen LogP contribution in [-0.4, -0.2) is 7.11 Å². The van der Waals surface area contributed by atoms with Crippen LogP contribution in [0.5, 0.6) is 0 Å². The van der Waals surface area contributed by atoms with Crippen LogP contribution in [-0.2, 0) is 16.4 Å². The SMILES string of the molecule is COOCc1c(C)cc(Cl)cc1C. The van der Waals surface area contributed by atoms with E-state index in [1.165, 1.54) is 7.11 Å². The largest absolute Gasteiger partial charge is 0.240 e. The van der Waals surface area contributed by atoms with E-state index < -0.39 is 0 Å². The molecule has 0 saturated heterocycles. The molecular weight excluding hydrogens is 188 g/mol. The van der Waals surface area contributed by atoms with Gasteiger partial charge < -0.3 is 0 Å². The van der Waals surface area contributed by atoms with Gasteiger partial charge in [0.2, 0.25) is 0 Å². The van der Waals surface area contributed by atoms with Crippen LogP contribution >= 0.6 is 11.6 Å². The second kappa shape index (κ2) is 4.61.